The van der Waals surface area contributed by atoms with Crippen molar-refractivity contribution < 1.29 is 28.2 Å². The van der Waals surface area contributed by atoms with Gasteiger partial charge in [-0.05, 0) is 31.5 Å². The molecule has 0 aromatic heterocycles. The summed E-state index contributed by atoms with van der Waals surface area (Å²) in [7, 11) is -2.56. The second-order valence-electron chi connectivity index (χ2n) is 4.21. The highest BCUT2D eigenvalue weighted by molar-refractivity contribution is 7.89. The molecule has 0 aliphatic carbocycles. The van der Waals surface area contributed by atoms with E-state index in [1.165, 1.54) is 19.2 Å². The summed E-state index contributed by atoms with van der Waals surface area (Å²) in [5.74, 6) is -1.22. The van der Waals surface area contributed by atoms with Crippen LogP contribution in [0.1, 0.15) is 23.7 Å². The van der Waals surface area contributed by atoms with E-state index in [-0.39, 0.29) is 29.2 Å². The first-order chi connectivity index (χ1) is 9.27. The van der Waals surface area contributed by atoms with Gasteiger partial charge in [-0.2, -0.15) is 0 Å². The van der Waals surface area contributed by atoms with Crippen molar-refractivity contribution in [3.8, 4) is 5.75 Å². The lowest BCUT2D eigenvalue weighted by Crippen LogP contribution is -2.27. The summed E-state index contributed by atoms with van der Waals surface area (Å²) in [6.07, 6.45) is -0.344. The Kier molecular flexibility index (Phi) is 5.49. The predicted molar refractivity (Wildman–Crippen MR) is 71.4 cm³/mol. The van der Waals surface area contributed by atoms with Gasteiger partial charge in [0.15, 0.2) is 0 Å². The Hall–Kier alpha value is -1.64. The monoisotopic (exact) mass is 303 g/mol. The molecule has 0 heterocycles. The highest BCUT2D eigenvalue weighted by Crippen LogP contribution is 2.24. The molecule has 20 heavy (non-hydrogen) atoms. The molecular formula is C12H17NO6S. The Bertz CT molecular complexity index is 582. The van der Waals surface area contributed by atoms with Crippen LogP contribution in [-0.4, -0.2) is 44.4 Å². The summed E-state index contributed by atoms with van der Waals surface area (Å²) >= 11 is 0. The third kappa shape index (κ3) is 4.19. The van der Waals surface area contributed by atoms with Crippen molar-refractivity contribution in [2.45, 2.75) is 24.3 Å². The van der Waals surface area contributed by atoms with Crippen molar-refractivity contribution >= 4 is 16.0 Å². The van der Waals surface area contributed by atoms with Crippen LogP contribution in [0.4, 0.5) is 0 Å². The number of methoxy groups -OCH3 is 1. The molecule has 3 N–H and O–H groups in total. The maximum absolute atomic E-state index is 12.1. The average molecular weight is 303 g/mol. The van der Waals surface area contributed by atoms with E-state index < -0.39 is 22.1 Å². The van der Waals surface area contributed by atoms with Gasteiger partial charge in [-0.3, -0.25) is 0 Å². The van der Waals surface area contributed by atoms with Crippen LogP contribution in [0.25, 0.3) is 0 Å². The minimum absolute atomic E-state index is 0.0468. The number of carboxylic acids is 1. The fourth-order valence-corrected chi connectivity index (χ4v) is 2.70. The highest BCUT2D eigenvalue weighted by Gasteiger charge is 2.20. The minimum Gasteiger partial charge on any atom is -0.495 e. The molecule has 1 aromatic carbocycles. The molecule has 112 valence electrons. The summed E-state index contributed by atoms with van der Waals surface area (Å²) in [5.41, 5.74) is -0.0650. The second-order valence-corrected chi connectivity index (χ2v) is 5.94. The van der Waals surface area contributed by atoms with Crippen molar-refractivity contribution in [3.63, 3.8) is 0 Å². The third-order valence-electron chi connectivity index (χ3n) is 2.55. The van der Waals surface area contributed by atoms with E-state index in [0.29, 0.717) is 0 Å². The van der Waals surface area contributed by atoms with Crippen molar-refractivity contribution in [3.05, 3.63) is 23.8 Å². The fourth-order valence-electron chi connectivity index (χ4n) is 1.50. The highest BCUT2D eigenvalue weighted by atomic mass is 32.2. The standard InChI is InChI=1S/C12H17NO6S/c1-8(14)5-6-13-20(17,18)11-4-3-9(12(15)16)7-10(11)19-2/h3-4,7-8,13-14H,5-6H2,1-2H3,(H,15,16). The van der Waals surface area contributed by atoms with Crippen LogP contribution in [0.5, 0.6) is 5.75 Å². The molecular weight excluding hydrogens is 286 g/mol. The first-order valence-electron chi connectivity index (χ1n) is 5.87. The lowest BCUT2D eigenvalue weighted by Gasteiger charge is -2.12. The van der Waals surface area contributed by atoms with Crippen LogP contribution in [0.3, 0.4) is 0 Å². The van der Waals surface area contributed by atoms with E-state index in [2.05, 4.69) is 4.72 Å². The van der Waals surface area contributed by atoms with E-state index in [1.807, 2.05) is 0 Å². The number of aromatic carboxylic acids is 1. The maximum atomic E-state index is 12.1. The number of ether oxygens (including phenoxy) is 1. The molecule has 0 amide bonds. The van der Waals surface area contributed by atoms with Gasteiger partial charge in [0.1, 0.15) is 10.6 Å². The number of sulfonamides is 1. The molecule has 0 saturated carbocycles. The van der Waals surface area contributed by atoms with E-state index in [0.717, 1.165) is 6.07 Å². The van der Waals surface area contributed by atoms with Gasteiger partial charge in [0.25, 0.3) is 0 Å². The number of carboxylic acid groups (broad SMARTS) is 1. The number of carbonyl (C=O) groups is 1. The molecule has 0 spiro atoms. The number of hydrogen-bond donors (Lipinski definition) is 3. The molecule has 0 bridgehead atoms. The van der Waals surface area contributed by atoms with Crippen LogP contribution in [0.15, 0.2) is 23.1 Å². The first kappa shape index (κ1) is 16.4. The molecule has 7 nitrogen and oxygen atoms in total. The largest absolute Gasteiger partial charge is 0.495 e. The normalized spacial score (nSPS) is 12.9. The Morgan fingerprint density at radius 3 is 2.60 bits per heavy atom. The first-order valence-corrected chi connectivity index (χ1v) is 7.35. The number of hydrogen-bond acceptors (Lipinski definition) is 5. The maximum Gasteiger partial charge on any atom is 0.335 e. The van der Waals surface area contributed by atoms with E-state index in [1.54, 1.807) is 6.92 Å². The van der Waals surface area contributed by atoms with Crippen molar-refractivity contribution in [1.82, 2.24) is 4.72 Å². The van der Waals surface area contributed by atoms with Crippen molar-refractivity contribution in [2.24, 2.45) is 0 Å². The van der Waals surface area contributed by atoms with Gasteiger partial charge in [0.05, 0.1) is 18.8 Å². The second kappa shape index (κ2) is 6.69. The molecule has 1 aromatic rings. The van der Waals surface area contributed by atoms with Crippen LogP contribution in [0.2, 0.25) is 0 Å². The van der Waals surface area contributed by atoms with Gasteiger partial charge >= 0.3 is 5.97 Å². The van der Waals surface area contributed by atoms with Crippen molar-refractivity contribution in [2.75, 3.05) is 13.7 Å². The molecule has 0 aliphatic rings. The van der Waals surface area contributed by atoms with Gasteiger partial charge < -0.3 is 14.9 Å². The zero-order valence-corrected chi connectivity index (χ0v) is 12.0. The van der Waals surface area contributed by atoms with Gasteiger partial charge in [0, 0.05) is 6.54 Å². The Labute approximate surface area is 117 Å². The average Bonchev–Trinajstić information content (AvgIpc) is 2.37. The summed E-state index contributed by atoms with van der Waals surface area (Å²) < 4.78 is 31.3. The lowest BCUT2D eigenvalue weighted by molar-refractivity contribution is 0.0696. The summed E-state index contributed by atoms with van der Waals surface area (Å²) in [6, 6.07) is 3.51. The summed E-state index contributed by atoms with van der Waals surface area (Å²) in [4.78, 5) is 10.7. The number of aliphatic hydroxyl groups is 1. The smallest absolute Gasteiger partial charge is 0.335 e. The van der Waals surface area contributed by atoms with Crippen LogP contribution < -0.4 is 9.46 Å². The summed E-state index contributed by atoms with van der Waals surface area (Å²) in [5, 5.41) is 17.9. The quantitative estimate of drug-likeness (QED) is 0.674. The van der Waals surface area contributed by atoms with Crippen molar-refractivity contribution in [1.29, 1.82) is 0 Å². The zero-order valence-electron chi connectivity index (χ0n) is 11.2. The molecule has 0 radical (unpaired) electrons. The van der Waals surface area contributed by atoms with Gasteiger partial charge in [-0.15, -0.1) is 0 Å². The Morgan fingerprint density at radius 2 is 2.10 bits per heavy atom. The molecule has 1 rings (SSSR count). The Morgan fingerprint density at radius 1 is 1.45 bits per heavy atom. The SMILES string of the molecule is COc1cc(C(=O)O)ccc1S(=O)(=O)NCCC(C)O. The van der Waals surface area contributed by atoms with Crippen LogP contribution in [0, 0.1) is 0 Å². The molecule has 1 unspecified atom stereocenters. The van der Waals surface area contributed by atoms with E-state index in [4.69, 9.17) is 14.9 Å². The number of benzene rings is 1. The minimum atomic E-state index is -3.82. The predicted octanol–water partition coefficient (Wildman–Crippen LogP) is 0.443. The topological polar surface area (TPSA) is 113 Å². The zero-order chi connectivity index (χ0) is 15.3. The molecule has 1 atom stereocenters. The van der Waals surface area contributed by atoms with Crippen LogP contribution in [-0.2, 0) is 10.0 Å². The molecule has 0 fully saturated rings. The molecule has 8 heteroatoms. The van der Waals surface area contributed by atoms with Gasteiger partial charge in [-0.1, -0.05) is 0 Å². The third-order valence-corrected chi connectivity index (χ3v) is 4.05. The number of aliphatic hydroxyl groups excluding tert-OH is 1. The number of rotatable bonds is 7. The number of nitrogens with one attached hydrogen (secondary N) is 1. The summed E-state index contributed by atoms with van der Waals surface area (Å²) in [6.45, 7) is 1.63. The molecule has 0 aliphatic heterocycles. The fraction of sp³-hybridized carbons (Fsp3) is 0.417. The van der Waals surface area contributed by atoms with Crippen LogP contribution >= 0.6 is 0 Å². The Balaban J connectivity index is 3.02. The molecule has 0 saturated heterocycles. The lowest BCUT2D eigenvalue weighted by atomic mass is 10.2. The van der Waals surface area contributed by atoms with E-state index in [9.17, 15) is 13.2 Å². The van der Waals surface area contributed by atoms with Gasteiger partial charge in [-0.25, -0.2) is 17.9 Å². The van der Waals surface area contributed by atoms with E-state index >= 15 is 0 Å². The van der Waals surface area contributed by atoms with Gasteiger partial charge in [0.2, 0.25) is 10.0 Å².